The van der Waals surface area contributed by atoms with E-state index in [2.05, 4.69) is 10.2 Å². The Kier molecular flexibility index (Phi) is 3.92. The summed E-state index contributed by atoms with van der Waals surface area (Å²) in [5, 5.41) is 6.67. The van der Waals surface area contributed by atoms with Gasteiger partial charge in [-0.25, -0.2) is 9.89 Å². The largest absolute Gasteiger partial charge is 0.368 e. The van der Waals surface area contributed by atoms with E-state index in [0.29, 0.717) is 17.3 Å². The molecule has 0 aliphatic carbocycles. The zero-order valence-corrected chi connectivity index (χ0v) is 9.08. The van der Waals surface area contributed by atoms with Crippen LogP contribution in [0.5, 0.6) is 0 Å². The number of hydrogen-bond donors (Lipinski definition) is 3. The maximum atomic E-state index is 11.0. The molecule has 15 heavy (non-hydrogen) atoms. The number of H-pyrrole nitrogens is 1. The summed E-state index contributed by atoms with van der Waals surface area (Å²) in [5.41, 5.74) is 10.2. The second-order valence-corrected chi connectivity index (χ2v) is 4.08. The summed E-state index contributed by atoms with van der Waals surface area (Å²) in [4.78, 5) is 21.6. The van der Waals surface area contributed by atoms with Gasteiger partial charge >= 0.3 is 5.69 Å². The van der Waals surface area contributed by atoms with Gasteiger partial charge in [0.15, 0.2) is 5.16 Å². The molecule has 0 radical (unpaired) electrons. The van der Waals surface area contributed by atoms with Gasteiger partial charge in [-0.2, -0.15) is 0 Å². The van der Waals surface area contributed by atoms with E-state index in [1.54, 1.807) is 7.05 Å². The third-order valence-corrected chi connectivity index (χ3v) is 2.93. The van der Waals surface area contributed by atoms with Gasteiger partial charge < -0.3 is 11.5 Å². The van der Waals surface area contributed by atoms with Gasteiger partial charge in [-0.15, -0.1) is 5.10 Å². The number of amides is 1. The summed E-state index contributed by atoms with van der Waals surface area (Å²) >= 11 is 1.35. The highest BCUT2D eigenvalue weighted by molar-refractivity contribution is 7.99. The number of nitrogens with one attached hydrogen (secondary N) is 1. The summed E-state index contributed by atoms with van der Waals surface area (Å²) in [7, 11) is 1.61. The van der Waals surface area contributed by atoms with Crippen LogP contribution in [0.3, 0.4) is 0 Å². The van der Waals surface area contributed by atoms with Crippen molar-refractivity contribution < 1.29 is 4.79 Å². The monoisotopic (exact) mass is 231 g/mol. The average Bonchev–Trinajstić information content (AvgIpc) is 2.49. The number of nitrogens with two attached hydrogens (primary N) is 2. The number of thioether (sulfide) groups is 1. The summed E-state index contributed by atoms with van der Waals surface area (Å²) in [6.45, 7) is 0. The lowest BCUT2D eigenvalue weighted by atomic mass is 10.2. The van der Waals surface area contributed by atoms with Crippen LogP contribution in [-0.4, -0.2) is 32.5 Å². The Morgan fingerprint density at radius 1 is 1.73 bits per heavy atom. The van der Waals surface area contributed by atoms with Crippen LogP contribution < -0.4 is 17.2 Å². The molecule has 7 nitrogen and oxygen atoms in total. The molecule has 0 aromatic carbocycles. The molecule has 0 aliphatic rings. The third-order valence-electron chi connectivity index (χ3n) is 1.86. The van der Waals surface area contributed by atoms with E-state index < -0.39 is 11.9 Å². The van der Waals surface area contributed by atoms with E-state index in [4.69, 9.17) is 11.5 Å². The highest BCUT2D eigenvalue weighted by Crippen LogP contribution is 2.13. The van der Waals surface area contributed by atoms with Gasteiger partial charge in [0.2, 0.25) is 5.91 Å². The van der Waals surface area contributed by atoms with Crippen LogP contribution in [0, 0.1) is 0 Å². The number of rotatable bonds is 5. The van der Waals surface area contributed by atoms with Crippen molar-refractivity contribution in [2.75, 3.05) is 5.75 Å². The fourth-order valence-corrected chi connectivity index (χ4v) is 1.82. The molecule has 0 saturated heterocycles. The maximum Gasteiger partial charge on any atom is 0.343 e. The molecule has 8 heteroatoms. The first-order valence-corrected chi connectivity index (χ1v) is 5.30. The lowest BCUT2D eigenvalue weighted by molar-refractivity contribution is -0.119. The predicted molar refractivity (Wildman–Crippen MR) is 56.3 cm³/mol. The molecule has 0 aliphatic heterocycles. The molecule has 1 atom stereocenters. The van der Waals surface area contributed by atoms with Crippen molar-refractivity contribution in [3.05, 3.63) is 10.5 Å². The fourth-order valence-electron chi connectivity index (χ4n) is 0.881. The minimum absolute atomic E-state index is 0.267. The smallest absolute Gasteiger partial charge is 0.343 e. The minimum atomic E-state index is -0.645. The first kappa shape index (κ1) is 11.8. The average molecular weight is 231 g/mol. The fraction of sp³-hybridized carbons (Fsp3) is 0.571. The third kappa shape index (κ3) is 3.10. The van der Waals surface area contributed by atoms with Crippen LogP contribution >= 0.6 is 11.8 Å². The second-order valence-electron chi connectivity index (χ2n) is 3.02. The molecule has 0 saturated carbocycles. The van der Waals surface area contributed by atoms with Crippen LogP contribution in [0.25, 0.3) is 0 Å². The molecule has 0 bridgehead atoms. The summed E-state index contributed by atoms with van der Waals surface area (Å²) in [6, 6.07) is -0.645. The van der Waals surface area contributed by atoms with Crippen molar-refractivity contribution >= 4 is 17.7 Å². The van der Waals surface area contributed by atoms with E-state index in [0.717, 1.165) is 0 Å². The normalized spacial score (nSPS) is 12.7. The predicted octanol–water partition coefficient (Wildman–Crippen LogP) is -1.60. The number of carbonyl (C=O) groups excluding carboxylic acids is 1. The SMILES string of the molecule is Cn1c(SCCC(N)C(N)=O)n[nH]c1=O. The molecule has 0 spiro atoms. The number of aromatic nitrogens is 3. The lowest BCUT2D eigenvalue weighted by Gasteiger charge is -2.05. The Morgan fingerprint density at radius 2 is 2.40 bits per heavy atom. The molecule has 5 N–H and O–H groups in total. The number of hydrogen-bond acceptors (Lipinski definition) is 5. The van der Waals surface area contributed by atoms with E-state index in [9.17, 15) is 9.59 Å². The minimum Gasteiger partial charge on any atom is -0.368 e. The summed E-state index contributed by atoms with van der Waals surface area (Å²) < 4.78 is 1.39. The molecule has 1 aromatic rings. The van der Waals surface area contributed by atoms with Gasteiger partial charge in [0.25, 0.3) is 0 Å². The van der Waals surface area contributed by atoms with E-state index in [-0.39, 0.29) is 5.69 Å². The molecular formula is C7H13N5O2S. The summed E-state index contributed by atoms with van der Waals surface area (Å²) in [5.74, 6) is 0.0638. The van der Waals surface area contributed by atoms with Crippen molar-refractivity contribution in [2.24, 2.45) is 18.5 Å². The Balaban J connectivity index is 2.42. The van der Waals surface area contributed by atoms with Gasteiger partial charge in [0, 0.05) is 12.8 Å². The van der Waals surface area contributed by atoms with Crippen molar-refractivity contribution in [3.63, 3.8) is 0 Å². The quantitative estimate of drug-likeness (QED) is 0.527. The molecule has 1 aromatic heterocycles. The topological polar surface area (TPSA) is 120 Å². The first-order valence-electron chi connectivity index (χ1n) is 4.31. The summed E-state index contributed by atoms with van der Waals surface area (Å²) in [6.07, 6.45) is 0.459. The zero-order valence-electron chi connectivity index (χ0n) is 8.27. The molecule has 1 heterocycles. The van der Waals surface area contributed by atoms with Crippen LogP contribution in [0.1, 0.15) is 6.42 Å². The first-order chi connectivity index (χ1) is 7.02. The number of aromatic amines is 1. The lowest BCUT2D eigenvalue weighted by Crippen LogP contribution is -2.36. The molecule has 1 rings (SSSR count). The van der Waals surface area contributed by atoms with Crippen molar-refractivity contribution in [1.29, 1.82) is 0 Å². The Labute approximate surface area is 90.2 Å². The van der Waals surface area contributed by atoms with Crippen molar-refractivity contribution in [2.45, 2.75) is 17.6 Å². The molecule has 1 unspecified atom stereocenters. The number of primary amides is 1. The molecule has 1 amide bonds. The Hall–Kier alpha value is -1.28. The van der Waals surface area contributed by atoms with Gasteiger partial charge in [-0.1, -0.05) is 11.8 Å². The Morgan fingerprint density at radius 3 is 2.87 bits per heavy atom. The highest BCUT2D eigenvalue weighted by atomic mass is 32.2. The van der Waals surface area contributed by atoms with Crippen LogP contribution in [0.15, 0.2) is 9.95 Å². The Bertz CT molecular complexity index is 398. The molecular weight excluding hydrogens is 218 g/mol. The zero-order chi connectivity index (χ0) is 11.4. The molecule has 84 valence electrons. The van der Waals surface area contributed by atoms with Crippen LogP contribution in [0.2, 0.25) is 0 Å². The van der Waals surface area contributed by atoms with Crippen molar-refractivity contribution in [3.8, 4) is 0 Å². The highest BCUT2D eigenvalue weighted by Gasteiger charge is 2.10. The van der Waals surface area contributed by atoms with Gasteiger partial charge in [-0.05, 0) is 6.42 Å². The molecule has 0 fully saturated rings. The van der Waals surface area contributed by atoms with Gasteiger partial charge in [0.05, 0.1) is 6.04 Å². The van der Waals surface area contributed by atoms with Crippen LogP contribution in [0.4, 0.5) is 0 Å². The van der Waals surface area contributed by atoms with E-state index in [1.165, 1.54) is 16.3 Å². The number of nitrogens with zero attached hydrogens (tertiary/aromatic N) is 2. The maximum absolute atomic E-state index is 11.0. The second kappa shape index (κ2) is 4.99. The van der Waals surface area contributed by atoms with E-state index >= 15 is 0 Å². The van der Waals surface area contributed by atoms with Gasteiger partial charge in [0.1, 0.15) is 0 Å². The van der Waals surface area contributed by atoms with E-state index in [1.807, 2.05) is 0 Å². The number of carbonyl (C=O) groups is 1. The van der Waals surface area contributed by atoms with Crippen molar-refractivity contribution in [1.82, 2.24) is 14.8 Å². The van der Waals surface area contributed by atoms with Crippen LogP contribution in [-0.2, 0) is 11.8 Å². The van der Waals surface area contributed by atoms with Gasteiger partial charge in [-0.3, -0.25) is 9.36 Å². The standard InChI is InChI=1S/C7H13N5O2S/c1-12-6(14)10-11-7(12)15-3-2-4(8)5(9)13/h4H,2-3,8H2,1H3,(H2,9,13)(H,10,14).